The lowest BCUT2D eigenvalue weighted by molar-refractivity contribution is 0.624. The molecule has 4 nitrogen and oxygen atoms in total. The molecule has 4 heteroatoms. The average molecular weight is 248 g/mol. The van der Waals surface area contributed by atoms with Crippen molar-refractivity contribution in [2.24, 2.45) is 4.99 Å². The van der Waals surface area contributed by atoms with Crippen LogP contribution in [0.25, 0.3) is 0 Å². The molecule has 1 rings (SSSR count). The Bertz CT molecular complexity index is 370. The highest BCUT2D eigenvalue weighted by molar-refractivity contribution is 5.79. The van der Waals surface area contributed by atoms with E-state index in [0.717, 1.165) is 31.0 Å². The fourth-order valence-electron chi connectivity index (χ4n) is 1.50. The molecule has 100 valence electrons. The lowest BCUT2D eigenvalue weighted by atomic mass is 10.2. The molecule has 0 fully saturated rings. The van der Waals surface area contributed by atoms with Gasteiger partial charge in [-0.25, -0.2) is 0 Å². The predicted molar refractivity (Wildman–Crippen MR) is 76.9 cm³/mol. The first-order chi connectivity index (χ1) is 8.65. The molecular weight excluding hydrogens is 224 g/mol. The van der Waals surface area contributed by atoms with Crippen LogP contribution < -0.4 is 10.6 Å². The van der Waals surface area contributed by atoms with E-state index in [1.54, 1.807) is 7.05 Å². The highest BCUT2D eigenvalue weighted by Gasteiger charge is 2.02. The number of rotatable bonds is 5. The molecule has 0 spiro atoms. The SMILES string of the molecule is CCC(C)NC(=NC)NCCc1ccc(C)nc1. The van der Waals surface area contributed by atoms with Crippen molar-refractivity contribution in [3.8, 4) is 0 Å². The first kappa shape index (κ1) is 14.5. The molecule has 18 heavy (non-hydrogen) atoms. The molecule has 1 atom stereocenters. The first-order valence-electron chi connectivity index (χ1n) is 6.54. The summed E-state index contributed by atoms with van der Waals surface area (Å²) in [6, 6.07) is 4.61. The van der Waals surface area contributed by atoms with Crippen molar-refractivity contribution in [1.82, 2.24) is 15.6 Å². The Morgan fingerprint density at radius 1 is 1.44 bits per heavy atom. The molecule has 0 bridgehead atoms. The molecule has 1 aromatic rings. The van der Waals surface area contributed by atoms with Gasteiger partial charge >= 0.3 is 0 Å². The summed E-state index contributed by atoms with van der Waals surface area (Å²) in [4.78, 5) is 8.49. The van der Waals surface area contributed by atoms with E-state index in [2.05, 4.69) is 40.5 Å². The van der Waals surface area contributed by atoms with Gasteiger partial charge in [0, 0.05) is 31.5 Å². The monoisotopic (exact) mass is 248 g/mol. The van der Waals surface area contributed by atoms with Crippen molar-refractivity contribution in [3.63, 3.8) is 0 Å². The lowest BCUT2D eigenvalue weighted by Gasteiger charge is -2.16. The number of pyridine rings is 1. The minimum Gasteiger partial charge on any atom is -0.356 e. The Morgan fingerprint density at radius 2 is 2.22 bits per heavy atom. The number of nitrogens with zero attached hydrogens (tertiary/aromatic N) is 2. The normalized spacial score (nSPS) is 13.2. The highest BCUT2D eigenvalue weighted by Crippen LogP contribution is 1.99. The van der Waals surface area contributed by atoms with Crippen LogP contribution in [0.3, 0.4) is 0 Å². The number of hydrogen-bond donors (Lipinski definition) is 2. The smallest absolute Gasteiger partial charge is 0.191 e. The minimum atomic E-state index is 0.442. The third-order valence-electron chi connectivity index (χ3n) is 2.90. The summed E-state index contributed by atoms with van der Waals surface area (Å²) in [6.07, 6.45) is 3.97. The molecule has 0 amide bonds. The molecule has 1 unspecified atom stereocenters. The first-order valence-corrected chi connectivity index (χ1v) is 6.54. The molecule has 2 N–H and O–H groups in total. The number of aryl methyl sites for hydroxylation is 1. The second-order valence-corrected chi connectivity index (χ2v) is 4.51. The van der Waals surface area contributed by atoms with E-state index in [-0.39, 0.29) is 0 Å². The summed E-state index contributed by atoms with van der Waals surface area (Å²) >= 11 is 0. The van der Waals surface area contributed by atoms with Crippen LogP contribution in [-0.4, -0.2) is 30.6 Å². The maximum Gasteiger partial charge on any atom is 0.191 e. The maximum atomic E-state index is 4.29. The zero-order chi connectivity index (χ0) is 13.4. The van der Waals surface area contributed by atoms with Crippen LogP contribution in [0.2, 0.25) is 0 Å². The van der Waals surface area contributed by atoms with Crippen LogP contribution in [0.4, 0.5) is 0 Å². The van der Waals surface area contributed by atoms with Crippen LogP contribution in [-0.2, 0) is 6.42 Å². The average Bonchev–Trinajstić information content (AvgIpc) is 2.39. The molecule has 0 radical (unpaired) electrons. The molecule has 0 aliphatic rings. The zero-order valence-electron chi connectivity index (χ0n) is 11.8. The topological polar surface area (TPSA) is 49.3 Å². The van der Waals surface area contributed by atoms with Gasteiger partial charge in [0.25, 0.3) is 0 Å². The van der Waals surface area contributed by atoms with E-state index >= 15 is 0 Å². The van der Waals surface area contributed by atoms with Gasteiger partial charge in [0.05, 0.1) is 0 Å². The molecular formula is C14H24N4. The summed E-state index contributed by atoms with van der Waals surface area (Å²) < 4.78 is 0. The van der Waals surface area contributed by atoms with Gasteiger partial charge in [-0.2, -0.15) is 0 Å². The number of hydrogen-bond acceptors (Lipinski definition) is 2. The van der Waals surface area contributed by atoms with Crippen LogP contribution in [0.15, 0.2) is 23.3 Å². The third-order valence-corrected chi connectivity index (χ3v) is 2.90. The van der Waals surface area contributed by atoms with Gasteiger partial charge in [-0.3, -0.25) is 9.98 Å². The Balaban J connectivity index is 2.33. The van der Waals surface area contributed by atoms with Crippen molar-refractivity contribution in [2.75, 3.05) is 13.6 Å². The van der Waals surface area contributed by atoms with Crippen molar-refractivity contribution in [1.29, 1.82) is 0 Å². The number of aromatic nitrogens is 1. The van der Waals surface area contributed by atoms with E-state index in [4.69, 9.17) is 0 Å². The Morgan fingerprint density at radius 3 is 2.78 bits per heavy atom. The summed E-state index contributed by atoms with van der Waals surface area (Å²) in [7, 11) is 1.80. The van der Waals surface area contributed by atoms with Crippen LogP contribution in [0.1, 0.15) is 31.5 Å². The zero-order valence-corrected chi connectivity index (χ0v) is 11.8. The van der Waals surface area contributed by atoms with Crippen LogP contribution >= 0.6 is 0 Å². The van der Waals surface area contributed by atoms with Gasteiger partial charge in [-0.15, -0.1) is 0 Å². The number of nitrogens with one attached hydrogen (secondary N) is 2. The molecule has 0 saturated heterocycles. The molecule has 0 aliphatic heterocycles. The van der Waals surface area contributed by atoms with Crippen molar-refractivity contribution in [3.05, 3.63) is 29.6 Å². The van der Waals surface area contributed by atoms with E-state index in [0.29, 0.717) is 6.04 Å². The summed E-state index contributed by atoms with van der Waals surface area (Å²) in [5, 5.41) is 6.64. The Kier molecular flexibility index (Phi) is 6.19. The standard InChI is InChI=1S/C14H24N4/c1-5-11(2)18-14(15-4)16-9-8-13-7-6-12(3)17-10-13/h6-7,10-11H,5,8-9H2,1-4H3,(H2,15,16,18). The predicted octanol–water partition coefficient (Wildman–Crippen LogP) is 1.90. The van der Waals surface area contributed by atoms with Gasteiger partial charge in [0.2, 0.25) is 0 Å². The third kappa shape index (κ3) is 5.17. The fraction of sp³-hybridized carbons (Fsp3) is 0.571. The van der Waals surface area contributed by atoms with Gasteiger partial charge in [0.1, 0.15) is 0 Å². The highest BCUT2D eigenvalue weighted by atomic mass is 15.2. The van der Waals surface area contributed by atoms with Gasteiger partial charge in [-0.05, 0) is 38.3 Å². The molecule has 1 aromatic heterocycles. The van der Waals surface area contributed by atoms with Gasteiger partial charge in [0.15, 0.2) is 5.96 Å². The van der Waals surface area contributed by atoms with E-state index in [1.165, 1.54) is 5.56 Å². The lowest BCUT2D eigenvalue weighted by Crippen LogP contribution is -2.42. The maximum absolute atomic E-state index is 4.29. The van der Waals surface area contributed by atoms with Crippen molar-refractivity contribution in [2.45, 2.75) is 39.7 Å². The quantitative estimate of drug-likeness (QED) is 0.618. The van der Waals surface area contributed by atoms with E-state index < -0.39 is 0 Å². The van der Waals surface area contributed by atoms with E-state index in [1.807, 2.05) is 19.2 Å². The van der Waals surface area contributed by atoms with Gasteiger partial charge in [-0.1, -0.05) is 13.0 Å². The Labute approximate surface area is 110 Å². The summed E-state index contributed by atoms with van der Waals surface area (Å²) in [5.41, 5.74) is 2.30. The number of aliphatic imine (C=N–C) groups is 1. The van der Waals surface area contributed by atoms with Gasteiger partial charge < -0.3 is 10.6 Å². The largest absolute Gasteiger partial charge is 0.356 e. The Hall–Kier alpha value is -1.58. The minimum absolute atomic E-state index is 0.442. The van der Waals surface area contributed by atoms with E-state index in [9.17, 15) is 0 Å². The molecule has 0 aliphatic carbocycles. The van der Waals surface area contributed by atoms with Crippen LogP contribution in [0.5, 0.6) is 0 Å². The second kappa shape index (κ2) is 7.69. The second-order valence-electron chi connectivity index (χ2n) is 4.51. The summed E-state index contributed by atoms with van der Waals surface area (Å²) in [5.74, 6) is 0.865. The van der Waals surface area contributed by atoms with Crippen molar-refractivity contribution >= 4 is 5.96 Å². The number of guanidine groups is 1. The molecule has 0 saturated carbocycles. The fourth-order valence-corrected chi connectivity index (χ4v) is 1.50. The van der Waals surface area contributed by atoms with Crippen LogP contribution in [0, 0.1) is 6.92 Å². The molecule has 1 heterocycles. The molecule has 0 aromatic carbocycles. The van der Waals surface area contributed by atoms with Crippen molar-refractivity contribution < 1.29 is 0 Å². The summed E-state index contributed by atoms with van der Waals surface area (Å²) in [6.45, 7) is 7.17.